The molecule has 0 aromatic carbocycles. The summed E-state index contributed by atoms with van der Waals surface area (Å²) in [6.45, 7) is 3.97. The van der Waals surface area contributed by atoms with E-state index in [1.807, 2.05) is 13.8 Å². The van der Waals surface area contributed by atoms with Gasteiger partial charge in [-0.25, -0.2) is 9.59 Å². The van der Waals surface area contributed by atoms with Crippen LogP contribution in [0.2, 0.25) is 0 Å². The first-order chi connectivity index (χ1) is 11.8. The molecular weight excluding hydrogens is 348 g/mol. The van der Waals surface area contributed by atoms with Gasteiger partial charge < -0.3 is 24.6 Å². The van der Waals surface area contributed by atoms with Gasteiger partial charge in [-0.05, 0) is 19.4 Å². The highest BCUT2D eigenvalue weighted by Crippen LogP contribution is 2.40. The van der Waals surface area contributed by atoms with E-state index in [4.69, 9.17) is 19.7 Å². The van der Waals surface area contributed by atoms with Gasteiger partial charge in [0.15, 0.2) is 0 Å². The lowest BCUT2D eigenvalue weighted by Gasteiger charge is -2.30. The Morgan fingerprint density at radius 1 is 1.32 bits per heavy atom. The Balaban J connectivity index is 2.33. The zero-order valence-corrected chi connectivity index (χ0v) is 15.4. The number of hydrogen-bond donors (Lipinski definition) is 3. The number of methoxy groups -OCH3 is 1. The Hall–Kier alpha value is -1.68. The van der Waals surface area contributed by atoms with Crippen LogP contribution in [0.5, 0.6) is 0 Å². The number of fused-ring (bicyclic) bond motifs is 1. The first-order valence-electron chi connectivity index (χ1n) is 7.97. The van der Waals surface area contributed by atoms with Crippen LogP contribution in [0, 0.1) is 0 Å². The maximum atomic E-state index is 12.4. The smallest absolute Gasteiger partial charge is 0.341 e. The molecular formula is C16H24N2O6S. The van der Waals surface area contributed by atoms with Gasteiger partial charge in [0.25, 0.3) is 0 Å². The maximum Gasteiger partial charge on any atom is 0.341 e. The number of anilines is 1. The average molecular weight is 372 g/mol. The van der Waals surface area contributed by atoms with Gasteiger partial charge in [0.2, 0.25) is 0 Å². The average Bonchev–Trinajstić information content (AvgIpc) is 2.89. The monoisotopic (exact) mass is 372 g/mol. The lowest BCUT2D eigenvalue weighted by atomic mass is 9.93. The lowest BCUT2D eigenvalue weighted by Crippen LogP contribution is -2.39. The molecule has 0 atom stereocenters. The number of aliphatic hydroxyl groups is 2. The van der Waals surface area contributed by atoms with Gasteiger partial charge in [-0.15, -0.1) is 11.3 Å². The predicted molar refractivity (Wildman–Crippen MR) is 93.0 cm³/mol. The minimum Gasteiger partial charge on any atom is -0.465 e. The zero-order valence-electron chi connectivity index (χ0n) is 14.6. The fourth-order valence-corrected chi connectivity index (χ4v) is 3.80. The number of nitrogens with one attached hydrogen (secondary N) is 1. The summed E-state index contributed by atoms with van der Waals surface area (Å²) in [5.74, 6) is -0.513. The van der Waals surface area contributed by atoms with Crippen LogP contribution in [0.3, 0.4) is 0 Å². The molecule has 0 bridgehead atoms. The van der Waals surface area contributed by atoms with Crippen molar-refractivity contribution in [3.05, 3.63) is 16.0 Å². The van der Waals surface area contributed by atoms with Crippen LogP contribution in [-0.2, 0) is 22.5 Å². The van der Waals surface area contributed by atoms with E-state index in [-0.39, 0.29) is 26.3 Å². The number of amides is 2. The number of hydrogen-bond acceptors (Lipinski definition) is 7. The molecule has 25 heavy (non-hydrogen) atoms. The number of carbonyl (C=O) groups excluding carboxylic acids is 2. The largest absolute Gasteiger partial charge is 0.465 e. The molecule has 1 aromatic rings. The SMILES string of the molecule is COC(=O)c1c(NC(=O)N(CCO)CCO)sc2c1CC(C)(C)OC2. The molecule has 2 heterocycles. The summed E-state index contributed by atoms with van der Waals surface area (Å²) in [6, 6.07) is -0.493. The summed E-state index contributed by atoms with van der Waals surface area (Å²) in [7, 11) is 1.30. The third-order valence-corrected chi connectivity index (χ3v) is 5.05. The lowest BCUT2D eigenvalue weighted by molar-refractivity contribution is -0.0384. The fourth-order valence-electron chi connectivity index (χ4n) is 2.69. The minimum atomic E-state index is -0.513. The molecule has 1 aliphatic heterocycles. The molecule has 2 rings (SSSR count). The van der Waals surface area contributed by atoms with Gasteiger partial charge in [0.05, 0.1) is 38.1 Å². The molecule has 2 amide bonds. The van der Waals surface area contributed by atoms with Crippen molar-refractivity contribution < 1.29 is 29.3 Å². The molecule has 3 N–H and O–H groups in total. The third-order valence-electron chi connectivity index (χ3n) is 3.92. The van der Waals surface area contributed by atoms with Crippen molar-refractivity contribution in [2.75, 3.05) is 38.7 Å². The second-order valence-corrected chi connectivity index (χ2v) is 7.39. The maximum absolute atomic E-state index is 12.4. The summed E-state index contributed by atoms with van der Waals surface area (Å²) < 4.78 is 10.7. The Morgan fingerprint density at radius 3 is 2.52 bits per heavy atom. The highest BCUT2D eigenvalue weighted by Gasteiger charge is 2.34. The summed E-state index contributed by atoms with van der Waals surface area (Å²) >= 11 is 1.28. The van der Waals surface area contributed by atoms with Gasteiger partial charge in [-0.1, -0.05) is 0 Å². The number of aliphatic hydroxyl groups excluding tert-OH is 2. The number of urea groups is 1. The highest BCUT2D eigenvalue weighted by molar-refractivity contribution is 7.17. The Kier molecular flexibility index (Phi) is 6.39. The normalized spacial score (nSPS) is 15.4. The molecule has 0 radical (unpaired) electrons. The van der Waals surface area contributed by atoms with Crippen molar-refractivity contribution in [1.82, 2.24) is 4.90 Å². The van der Waals surface area contributed by atoms with E-state index in [0.29, 0.717) is 23.6 Å². The van der Waals surface area contributed by atoms with Crippen molar-refractivity contribution in [1.29, 1.82) is 0 Å². The molecule has 1 aliphatic rings. The number of rotatable bonds is 6. The van der Waals surface area contributed by atoms with Crippen LogP contribution < -0.4 is 5.32 Å². The second kappa shape index (κ2) is 8.13. The molecule has 0 spiro atoms. The van der Waals surface area contributed by atoms with Crippen LogP contribution in [0.15, 0.2) is 0 Å². The van der Waals surface area contributed by atoms with Crippen LogP contribution in [0.4, 0.5) is 9.80 Å². The molecule has 0 aliphatic carbocycles. The van der Waals surface area contributed by atoms with E-state index in [1.54, 1.807) is 0 Å². The van der Waals surface area contributed by atoms with Crippen LogP contribution in [0.1, 0.15) is 34.6 Å². The zero-order chi connectivity index (χ0) is 18.6. The van der Waals surface area contributed by atoms with E-state index in [2.05, 4.69) is 5.32 Å². The number of thiophene rings is 1. The number of nitrogens with zero attached hydrogens (tertiary/aromatic N) is 1. The van der Waals surface area contributed by atoms with Gasteiger partial charge in [0, 0.05) is 24.4 Å². The van der Waals surface area contributed by atoms with Crippen molar-refractivity contribution >= 4 is 28.3 Å². The van der Waals surface area contributed by atoms with Crippen LogP contribution >= 0.6 is 11.3 Å². The van der Waals surface area contributed by atoms with Gasteiger partial charge in [-0.3, -0.25) is 5.32 Å². The highest BCUT2D eigenvalue weighted by atomic mass is 32.1. The van der Waals surface area contributed by atoms with Crippen molar-refractivity contribution in [2.24, 2.45) is 0 Å². The van der Waals surface area contributed by atoms with Gasteiger partial charge >= 0.3 is 12.0 Å². The van der Waals surface area contributed by atoms with E-state index in [9.17, 15) is 9.59 Å². The molecule has 0 fully saturated rings. The van der Waals surface area contributed by atoms with E-state index >= 15 is 0 Å². The van der Waals surface area contributed by atoms with Crippen molar-refractivity contribution in [3.8, 4) is 0 Å². The Bertz CT molecular complexity index is 637. The Labute approximate surface area is 150 Å². The van der Waals surface area contributed by atoms with Gasteiger partial charge in [0.1, 0.15) is 5.00 Å². The van der Waals surface area contributed by atoms with E-state index in [0.717, 1.165) is 10.4 Å². The summed E-state index contributed by atoms with van der Waals surface area (Å²) in [4.78, 5) is 26.9. The first-order valence-corrected chi connectivity index (χ1v) is 8.79. The Morgan fingerprint density at radius 2 is 1.96 bits per heavy atom. The van der Waals surface area contributed by atoms with Crippen molar-refractivity contribution in [3.63, 3.8) is 0 Å². The standard InChI is InChI=1S/C16H24N2O6S/c1-16(2)8-10-11(9-24-16)25-13(12(10)14(21)23-3)17-15(22)18(4-6-19)5-7-20/h19-20H,4-9H2,1-3H3,(H,17,22). The minimum absolute atomic E-state index is 0.0845. The van der Waals surface area contributed by atoms with E-state index < -0.39 is 17.6 Å². The molecule has 0 unspecified atom stereocenters. The molecule has 9 heteroatoms. The van der Waals surface area contributed by atoms with Crippen molar-refractivity contribution in [2.45, 2.75) is 32.5 Å². The van der Waals surface area contributed by atoms with Gasteiger partial charge in [-0.2, -0.15) is 0 Å². The van der Waals surface area contributed by atoms with Crippen LogP contribution in [0.25, 0.3) is 0 Å². The summed E-state index contributed by atoms with van der Waals surface area (Å²) in [5, 5.41) is 21.2. The molecule has 1 aromatic heterocycles. The summed E-state index contributed by atoms with van der Waals surface area (Å²) in [5.41, 5.74) is 0.775. The number of ether oxygens (including phenoxy) is 2. The molecule has 8 nitrogen and oxygen atoms in total. The number of esters is 1. The fraction of sp³-hybridized carbons (Fsp3) is 0.625. The topological polar surface area (TPSA) is 108 Å². The van der Waals surface area contributed by atoms with Crippen LogP contribution in [-0.4, -0.2) is 66.1 Å². The second-order valence-electron chi connectivity index (χ2n) is 6.29. The molecule has 0 saturated heterocycles. The summed E-state index contributed by atoms with van der Waals surface area (Å²) in [6.07, 6.45) is 0.538. The number of carbonyl (C=O) groups is 2. The third kappa shape index (κ3) is 4.49. The van der Waals surface area contributed by atoms with E-state index in [1.165, 1.54) is 23.3 Å². The quantitative estimate of drug-likeness (QED) is 0.648. The molecule has 140 valence electrons. The first kappa shape index (κ1) is 19.6. The predicted octanol–water partition coefficient (Wildman–Crippen LogP) is 1.20. The molecule has 0 saturated carbocycles.